The molecule has 0 aliphatic carbocycles. The summed E-state index contributed by atoms with van der Waals surface area (Å²) in [5.41, 5.74) is 2.55. The summed E-state index contributed by atoms with van der Waals surface area (Å²) < 4.78 is 7.76. The molecule has 5 aromatic rings. The first-order chi connectivity index (χ1) is 17.2. The average Bonchev–Trinajstić information content (AvgIpc) is 3.33. The van der Waals surface area contributed by atoms with Gasteiger partial charge in [-0.3, -0.25) is 9.36 Å². The van der Waals surface area contributed by atoms with Gasteiger partial charge in [-0.05, 0) is 42.3 Å². The van der Waals surface area contributed by atoms with Crippen molar-refractivity contribution >= 4 is 11.6 Å². The van der Waals surface area contributed by atoms with Crippen LogP contribution in [-0.2, 0) is 4.79 Å². The summed E-state index contributed by atoms with van der Waals surface area (Å²) in [6.07, 6.45) is 4.99. The van der Waals surface area contributed by atoms with Crippen LogP contribution in [0.3, 0.4) is 0 Å². The van der Waals surface area contributed by atoms with Crippen molar-refractivity contribution in [3.05, 3.63) is 127 Å². The molecule has 0 unspecified atom stereocenters. The molecule has 0 spiro atoms. The number of benzene rings is 3. The molecule has 35 heavy (non-hydrogen) atoms. The van der Waals surface area contributed by atoms with Crippen LogP contribution in [0, 0.1) is 6.92 Å². The Morgan fingerprint density at radius 3 is 2.11 bits per heavy atom. The highest BCUT2D eigenvalue weighted by Gasteiger charge is 2.22. The number of carbonyl (C=O) groups excluding carboxylic acids is 1. The monoisotopic (exact) mass is 461 g/mol. The number of rotatable bonds is 7. The van der Waals surface area contributed by atoms with Gasteiger partial charge in [0.15, 0.2) is 0 Å². The van der Waals surface area contributed by atoms with Crippen LogP contribution in [0.2, 0.25) is 0 Å². The largest absolute Gasteiger partial charge is 0.439 e. The van der Waals surface area contributed by atoms with Gasteiger partial charge in [0.05, 0.1) is 5.92 Å². The lowest BCUT2D eigenvalue weighted by molar-refractivity contribution is -0.116. The molecular weight excluding hydrogens is 438 g/mol. The number of anilines is 1. The molecule has 0 saturated carbocycles. The smallest absolute Gasteiger partial charge is 0.236 e. The zero-order valence-corrected chi connectivity index (χ0v) is 19.1. The molecule has 172 valence electrons. The fourth-order valence-corrected chi connectivity index (χ4v) is 3.87. The SMILES string of the molecule is Cc1nccn1-c1cc(Oc2ccc(NC(=O)C(c3ccccc3)c3ccccc3)cc2)ncn1. The fourth-order valence-electron chi connectivity index (χ4n) is 3.87. The van der Waals surface area contributed by atoms with E-state index in [4.69, 9.17) is 4.74 Å². The molecule has 5 rings (SSSR count). The van der Waals surface area contributed by atoms with Gasteiger partial charge in [0, 0.05) is 24.1 Å². The zero-order chi connectivity index (χ0) is 24.0. The highest BCUT2D eigenvalue weighted by Crippen LogP contribution is 2.27. The summed E-state index contributed by atoms with van der Waals surface area (Å²) >= 11 is 0. The van der Waals surface area contributed by atoms with Crippen molar-refractivity contribution in [1.29, 1.82) is 0 Å². The van der Waals surface area contributed by atoms with Crippen molar-refractivity contribution in [1.82, 2.24) is 19.5 Å². The number of amides is 1. The third-order valence-electron chi connectivity index (χ3n) is 5.57. The van der Waals surface area contributed by atoms with E-state index < -0.39 is 5.92 Å². The Bertz CT molecular complexity index is 1380. The summed E-state index contributed by atoms with van der Waals surface area (Å²) in [6, 6.07) is 28.5. The van der Waals surface area contributed by atoms with Crippen LogP contribution in [0.5, 0.6) is 11.6 Å². The van der Waals surface area contributed by atoms with Crippen LogP contribution in [0.15, 0.2) is 110 Å². The maximum atomic E-state index is 13.3. The van der Waals surface area contributed by atoms with Gasteiger partial charge in [0.25, 0.3) is 0 Å². The Balaban J connectivity index is 1.31. The summed E-state index contributed by atoms with van der Waals surface area (Å²) in [4.78, 5) is 26.0. The second-order valence-electron chi connectivity index (χ2n) is 7.93. The lowest BCUT2D eigenvalue weighted by Crippen LogP contribution is -2.22. The number of ether oxygens (including phenoxy) is 1. The molecule has 0 atom stereocenters. The third-order valence-corrected chi connectivity index (χ3v) is 5.57. The van der Waals surface area contributed by atoms with E-state index in [9.17, 15) is 4.79 Å². The van der Waals surface area contributed by atoms with Gasteiger partial charge in [-0.2, -0.15) is 0 Å². The van der Waals surface area contributed by atoms with Gasteiger partial charge in [-0.25, -0.2) is 15.0 Å². The van der Waals surface area contributed by atoms with Crippen LogP contribution >= 0.6 is 0 Å². The summed E-state index contributed by atoms with van der Waals surface area (Å²) in [5, 5.41) is 3.03. The highest BCUT2D eigenvalue weighted by atomic mass is 16.5. The molecule has 1 amide bonds. The molecule has 7 heteroatoms. The number of carbonyl (C=O) groups is 1. The highest BCUT2D eigenvalue weighted by molar-refractivity contribution is 5.98. The molecule has 0 radical (unpaired) electrons. The Hall–Kier alpha value is -4.78. The van der Waals surface area contributed by atoms with E-state index in [1.54, 1.807) is 24.4 Å². The molecule has 2 aromatic heterocycles. The molecule has 3 aromatic carbocycles. The van der Waals surface area contributed by atoms with Crippen LogP contribution < -0.4 is 10.1 Å². The number of nitrogens with zero attached hydrogens (tertiary/aromatic N) is 4. The summed E-state index contributed by atoms with van der Waals surface area (Å²) in [7, 11) is 0. The van der Waals surface area contributed by atoms with Crippen LogP contribution in [-0.4, -0.2) is 25.4 Å². The van der Waals surface area contributed by atoms with Crippen molar-refractivity contribution in [3.63, 3.8) is 0 Å². The van der Waals surface area contributed by atoms with Crippen molar-refractivity contribution in [2.75, 3.05) is 5.32 Å². The quantitative estimate of drug-likeness (QED) is 0.344. The molecule has 2 heterocycles. The summed E-state index contributed by atoms with van der Waals surface area (Å²) in [6.45, 7) is 1.90. The van der Waals surface area contributed by atoms with E-state index in [0.29, 0.717) is 23.1 Å². The molecule has 7 nitrogen and oxygen atoms in total. The predicted molar refractivity (Wildman–Crippen MR) is 134 cm³/mol. The number of imidazole rings is 1. The first-order valence-corrected chi connectivity index (χ1v) is 11.2. The Morgan fingerprint density at radius 1 is 0.857 bits per heavy atom. The van der Waals surface area contributed by atoms with Crippen LogP contribution in [0.1, 0.15) is 22.9 Å². The maximum Gasteiger partial charge on any atom is 0.236 e. The van der Waals surface area contributed by atoms with E-state index >= 15 is 0 Å². The van der Waals surface area contributed by atoms with Gasteiger partial charge in [-0.1, -0.05) is 60.7 Å². The molecule has 0 aliphatic heterocycles. The van der Waals surface area contributed by atoms with Crippen molar-refractivity contribution in [3.8, 4) is 17.4 Å². The van der Waals surface area contributed by atoms with E-state index in [-0.39, 0.29) is 5.91 Å². The minimum Gasteiger partial charge on any atom is -0.439 e. The number of aromatic nitrogens is 4. The predicted octanol–water partition coefficient (Wildman–Crippen LogP) is 5.53. The van der Waals surface area contributed by atoms with E-state index in [1.165, 1.54) is 6.33 Å². The minimum atomic E-state index is -0.417. The molecule has 0 fully saturated rings. The zero-order valence-electron chi connectivity index (χ0n) is 19.1. The molecule has 0 saturated heterocycles. The molecule has 1 N–H and O–H groups in total. The first-order valence-electron chi connectivity index (χ1n) is 11.2. The topological polar surface area (TPSA) is 81.9 Å². The minimum absolute atomic E-state index is 0.104. The van der Waals surface area contributed by atoms with Crippen LogP contribution in [0.4, 0.5) is 5.69 Å². The van der Waals surface area contributed by atoms with Gasteiger partial charge >= 0.3 is 0 Å². The lowest BCUT2D eigenvalue weighted by Gasteiger charge is -2.18. The normalized spacial score (nSPS) is 10.8. The maximum absolute atomic E-state index is 13.3. The Morgan fingerprint density at radius 2 is 1.51 bits per heavy atom. The van der Waals surface area contributed by atoms with Crippen molar-refractivity contribution in [2.45, 2.75) is 12.8 Å². The second kappa shape index (κ2) is 10.0. The average molecular weight is 462 g/mol. The second-order valence-corrected chi connectivity index (χ2v) is 7.93. The van der Waals surface area contributed by atoms with Crippen LogP contribution in [0.25, 0.3) is 5.82 Å². The lowest BCUT2D eigenvalue weighted by atomic mass is 9.90. The fraction of sp³-hybridized carbons (Fsp3) is 0.0714. The first kappa shape index (κ1) is 22.0. The number of nitrogens with one attached hydrogen (secondary N) is 1. The van der Waals surface area contributed by atoms with Gasteiger partial charge in [-0.15, -0.1) is 0 Å². The molecule has 0 aliphatic rings. The van der Waals surface area contributed by atoms with Crippen molar-refractivity contribution < 1.29 is 9.53 Å². The van der Waals surface area contributed by atoms with E-state index in [2.05, 4.69) is 20.3 Å². The Labute approximate surface area is 203 Å². The third kappa shape index (κ3) is 5.09. The molecule has 0 bridgehead atoms. The van der Waals surface area contributed by atoms with Gasteiger partial charge in [0.2, 0.25) is 11.8 Å². The summed E-state index contributed by atoms with van der Waals surface area (Å²) in [5.74, 6) is 1.97. The standard InChI is InChI=1S/C28H23N5O2/c1-20-29-16-17-33(20)25-18-26(31-19-30-25)35-24-14-12-23(13-15-24)32-28(34)27(21-8-4-2-5-9-21)22-10-6-3-7-11-22/h2-19,27H,1H3,(H,32,34). The number of aryl methyl sites for hydroxylation is 1. The number of hydrogen-bond acceptors (Lipinski definition) is 5. The van der Waals surface area contributed by atoms with Gasteiger partial charge < -0.3 is 10.1 Å². The van der Waals surface area contributed by atoms with E-state index in [1.807, 2.05) is 90.5 Å². The van der Waals surface area contributed by atoms with Crippen molar-refractivity contribution in [2.24, 2.45) is 0 Å². The Kier molecular flexibility index (Phi) is 6.30. The molecular formula is C28H23N5O2. The van der Waals surface area contributed by atoms with Gasteiger partial charge in [0.1, 0.15) is 23.7 Å². The number of hydrogen-bond donors (Lipinski definition) is 1. The van der Waals surface area contributed by atoms with E-state index in [0.717, 1.165) is 17.0 Å².